The minimum atomic E-state index is -0.908. The van der Waals surface area contributed by atoms with Crippen molar-refractivity contribution in [2.75, 3.05) is 18.9 Å². The maximum absolute atomic E-state index is 11.1. The molecule has 0 bridgehead atoms. The van der Waals surface area contributed by atoms with E-state index in [2.05, 4.69) is 10.1 Å². The fourth-order valence-corrected chi connectivity index (χ4v) is 3.06. The van der Waals surface area contributed by atoms with Gasteiger partial charge in [-0.2, -0.15) is 5.10 Å². The van der Waals surface area contributed by atoms with Crippen LogP contribution in [0.3, 0.4) is 0 Å². The smallest absolute Gasteiger partial charge is 0.407 e. The monoisotopic (exact) mass is 342 g/mol. The summed E-state index contributed by atoms with van der Waals surface area (Å²) in [5, 5.41) is 13.3. The number of anilines is 1. The Hall–Kier alpha value is -3.23. The van der Waals surface area contributed by atoms with Gasteiger partial charge in [-0.05, 0) is 18.6 Å². The Morgan fingerprint density at radius 3 is 3.00 bits per heavy atom. The van der Waals surface area contributed by atoms with Crippen LogP contribution in [0.1, 0.15) is 6.42 Å². The third-order valence-corrected chi connectivity index (χ3v) is 4.47. The first-order chi connectivity index (χ1) is 12.0. The number of nitrogens with two attached hydrogens (primary N) is 1. The third-order valence-electron chi connectivity index (χ3n) is 4.47. The zero-order valence-electron chi connectivity index (χ0n) is 13.7. The van der Waals surface area contributed by atoms with Gasteiger partial charge in [-0.15, -0.1) is 0 Å². The number of hydrogen-bond donors (Lipinski definition) is 2. The number of nitrogens with zero attached hydrogens (tertiary/aromatic N) is 5. The molecular formula is C16H18N6O3. The molecule has 0 radical (unpaired) electrons. The van der Waals surface area contributed by atoms with Gasteiger partial charge in [-0.1, -0.05) is 0 Å². The van der Waals surface area contributed by atoms with Crippen LogP contribution >= 0.6 is 0 Å². The van der Waals surface area contributed by atoms with Crippen LogP contribution in [-0.4, -0.2) is 54.5 Å². The first-order valence-corrected chi connectivity index (χ1v) is 7.92. The van der Waals surface area contributed by atoms with Gasteiger partial charge in [-0.25, -0.2) is 9.78 Å². The highest BCUT2D eigenvalue weighted by atomic mass is 16.5. The Balaban J connectivity index is 1.59. The van der Waals surface area contributed by atoms with Crippen LogP contribution < -0.4 is 10.5 Å². The number of carbonyl (C=O) groups is 1. The Morgan fingerprint density at radius 1 is 1.44 bits per heavy atom. The van der Waals surface area contributed by atoms with Crippen LogP contribution in [0.15, 0.2) is 30.7 Å². The molecule has 9 heteroatoms. The Labute approximate surface area is 143 Å². The molecular weight excluding hydrogens is 324 g/mol. The molecule has 1 saturated heterocycles. The Kier molecular flexibility index (Phi) is 3.48. The van der Waals surface area contributed by atoms with Crippen molar-refractivity contribution in [2.45, 2.75) is 12.5 Å². The molecule has 1 aliphatic heterocycles. The average molecular weight is 342 g/mol. The van der Waals surface area contributed by atoms with Crippen LogP contribution in [0.2, 0.25) is 0 Å². The summed E-state index contributed by atoms with van der Waals surface area (Å²) in [6.07, 6.45) is 5.20. The van der Waals surface area contributed by atoms with Crippen molar-refractivity contribution in [3.05, 3.63) is 30.7 Å². The number of pyridine rings is 1. The molecule has 1 aliphatic rings. The van der Waals surface area contributed by atoms with E-state index in [0.717, 1.165) is 23.3 Å². The summed E-state index contributed by atoms with van der Waals surface area (Å²) in [4.78, 5) is 16.7. The van der Waals surface area contributed by atoms with Gasteiger partial charge >= 0.3 is 6.09 Å². The SMILES string of the molecule is Cn1ncc(OC[C@H]2CCN2C(=O)O)c1-c1ccc2nc(N)cn2c1. The highest BCUT2D eigenvalue weighted by Gasteiger charge is 2.32. The highest BCUT2D eigenvalue weighted by Crippen LogP contribution is 2.30. The number of rotatable bonds is 4. The predicted octanol–water partition coefficient (Wildman–Crippen LogP) is 1.45. The van der Waals surface area contributed by atoms with Gasteiger partial charge in [0, 0.05) is 25.4 Å². The van der Waals surface area contributed by atoms with Crippen molar-refractivity contribution in [2.24, 2.45) is 7.05 Å². The van der Waals surface area contributed by atoms with Gasteiger partial charge in [0.2, 0.25) is 0 Å². The Bertz CT molecular complexity index is 947. The summed E-state index contributed by atoms with van der Waals surface area (Å²) in [5.41, 5.74) is 8.22. The summed E-state index contributed by atoms with van der Waals surface area (Å²) in [6, 6.07) is 3.69. The quantitative estimate of drug-likeness (QED) is 0.742. The van der Waals surface area contributed by atoms with E-state index >= 15 is 0 Å². The highest BCUT2D eigenvalue weighted by molar-refractivity contribution is 5.68. The second kappa shape index (κ2) is 5.69. The molecule has 3 aromatic heterocycles. The number of nitrogen functional groups attached to an aromatic ring is 1. The molecule has 0 spiro atoms. The lowest BCUT2D eigenvalue weighted by atomic mass is 10.1. The van der Waals surface area contributed by atoms with Crippen LogP contribution in [0.5, 0.6) is 5.75 Å². The molecule has 4 rings (SSSR count). The number of aryl methyl sites for hydroxylation is 1. The molecule has 25 heavy (non-hydrogen) atoms. The molecule has 1 atom stereocenters. The van der Waals surface area contributed by atoms with E-state index in [-0.39, 0.29) is 6.04 Å². The van der Waals surface area contributed by atoms with Gasteiger partial charge < -0.3 is 24.9 Å². The molecule has 4 heterocycles. The number of hydrogen-bond acceptors (Lipinski definition) is 5. The number of aromatic nitrogens is 4. The number of fused-ring (bicyclic) bond motifs is 1. The number of carboxylic acid groups (broad SMARTS) is 1. The largest absolute Gasteiger partial charge is 0.487 e. The van der Waals surface area contributed by atoms with E-state index < -0.39 is 6.09 Å². The number of ether oxygens (including phenoxy) is 1. The van der Waals surface area contributed by atoms with Gasteiger partial charge in [0.25, 0.3) is 0 Å². The summed E-state index contributed by atoms with van der Waals surface area (Å²) in [7, 11) is 1.83. The first-order valence-electron chi connectivity index (χ1n) is 7.92. The van der Waals surface area contributed by atoms with E-state index in [4.69, 9.17) is 15.6 Å². The van der Waals surface area contributed by atoms with E-state index in [1.165, 1.54) is 4.90 Å². The second-order valence-corrected chi connectivity index (χ2v) is 6.06. The van der Waals surface area contributed by atoms with Gasteiger partial charge in [0.15, 0.2) is 5.75 Å². The molecule has 0 saturated carbocycles. The molecule has 1 amide bonds. The summed E-state index contributed by atoms with van der Waals surface area (Å²) < 4.78 is 9.45. The van der Waals surface area contributed by atoms with E-state index in [0.29, 0.717) is 24.7 Å². The van der Waals surface area contributed by atoms with Crippen molar-refractivity contribution in [1.29, 1.82) is 0 Å². The minimum Gasteiger partial charge on any atom is -0.487 e. The lowest BCUT2D eigenvalue weighted by Crippen LogP contribution is -2.53. The predicted molar refractivity (Wildman–Crippen MR) is 90.4 cm³/mol. The van der Waals surface area contributed by atoms with Crippen molar-refractivity contribution < 1.29 is 14.6 Å². The molecule has 130 valence electrons. The van der Waals surface area contributed by atoms with Crippen LogP contribution in [0, 0.1) is 0 Å². The minimum absolute atomic E-state index is 0.110. The maximum Gasteiger partial charge on any atom is 0.407 e. The summed E-state index contributed by atoms with van der Waals surface area (Å²) in [6.45, 7) is 0.868. The molecule has 9 nitrogen and oxygen atoms in total. The van der Waals surface area contributed by atoms with Gasteiger partial charge in [0.1, 0.15) is 23.8 Å². The standard InChI is InChI=1S/C16H18N6O3/c1-20-15(10-2-3-14-19-13(17)8-21(14)7-10)12(6-18-20)25-9-11-4-5-22(11)16(23)24/h2-3,6-8,11H,4-5,9,17H2,1H3,(H,23,24)/t11-/m1/s1. The maximum atomic E-state index is 11.1. The van der Waals surface area contributed by atoms with E-state index in [9.17, 15) is 4.79 Å². The summed E-state index contributed by atoms with van der Waals surface area (Å²) >= 11 is 0. The van der Waals surface area contributed by atoms with Crippen LogP contribution in [-0.2, 0) is 7.05 Å². The molecule has 1 fully saturated rings. The number of amides is 1. The molecule has 3 aromatic rings. The molecule has 0 unspecified atom stereocenters. The van der Waals surface area contributed by atoms with Crippen molar-refractivity contribution in [3.63, 3.8) is 0 Å². The first kappa shape index (κ1) is 15.3. The van der Waals surface area contributed by atoms with Gasteiger partial charge in [-0.3, -0.25) is 4.68 Å². The zero-order chi connectivity index (χ0) is 17.6. The lowest BCUT2D eigenvalue weighted by molar-refractivity contribution is 0.0501. The molecule has 3 N–H and O–H groups in total. The van der Waals surface area contributed by atoms with E-state index in [1.807, 2.05) is 29.8 Å². The second-order valence-electron chi connectivity index (χ2n) is 6.06. The van der Waals surface area contributed by atoms with Crippen LogP contribution in [0.4, 0.5) is 10.6 Å². The molecule has 0 aromatic carbocycles. The number of likely N-dealkylation sites (tertiary alicyclic amines) is 1. The fraction of sp³-hybridized carbons (Fsp3) is 0.312. The van der Waals surface area contributed by atoms with Crippen molar-refractivity contribution >= 4 is 17.6 Å². The summed E-state index contributed by atoms with van der Waals surface area (Å²) in [5.74, 6) is 1.07. The van der Waals surface area contributed by atoms with Crippen molar-refractivity contribution in [3.8, 4) is 17.0 Å². The van der Waals surface area contributed by atoms with Gasteiger partial charge in [0.05, 0.1) is 18.4 Å². The topological polar surface area (TPSA) is 111 Å². The van der Waals surface area contributed by atoms with Crippen LogP contribution in [0.25, 0.3) is 16.9 Å². The zero-order valence-corrected chi connectivity index (χ0v) is 13.7. The molecule has 0 aliphatic carbocycles. The Morgan fingerprint density at radius 2 is 2.28 bits per heavy atom. The normalized spacial score (nSPS) is 16.8. The van der Waals surface area contributed by atoms with E-state index in [1.54, 1.807) is 17.1 Å². The third kappa shape index (κ3) is 2.63. The fourth-order valence-electron chi connectivity index (χ4n) is 3.06. The number of imidazole rings is 1. The van der Waals surface area contributed by atoms with Crippen molar-refractivity contribution in [1.82, 2.24) is 24.1 Å². The lowest BCUT2D eigenvalue weighted by Gasteiger charge is -2.38. The average Bonchev–Trinajstić information content (AvgIpc) is 3.06.